The Morgan fingerprint density at radius 3 is 2.62 bits per heavy atom. The van der Waals surface area contributed by atoms with Gasteiger partial charge < -0.3 is 14.8 Å². The third kappa shape index (κ3) is 7.63. The van der Waals surface area contributed by atoms with Gasteiger partial charge >= 0.3 is 0 Å². The standard InChI is InChI=1S/C16H25Br2NO2/c1-4-21-16-13(9-14(17)10-15(16)18)11-19-6-8-20-7-5-12(2)3/h9-10,12,19H,4-8,11H2,1-3H3. The van der Waals surface area contributed by atoms with Crippen LogP contribution in [0.1, 0.15) is 32.8 Å². The molecule has 21 heavy (non-hydrogen) atoms. The zero-order chi connectivity index (χ0) is 15.7. The predicted molar refractivity (Wildman–Crippen MR) is 95.0 cm³/mol. The molecule has 0 saturated heterocycles. The van der Waals surface area contributed by atoms with Crippen molar-refractivity contribution < 1.29 is 9.47 Å². The zero-order valence-corrected chi connectivity index (χ0v) is 16.2. The highest BCUT2D eigenvalue weighted by molar-refractivity contribution is 9.11. The Bertz CT molecular complexity index is 425. The molecule has 0 amide bonds. The molecule has 0 bridgehead atoms. The quantitative estimate of drug-likeness (QED) is 0.551. The topological polar surface area (TPSA) is 30.5 Å². The first-order chi connectivity index (χ1) is 10.0. The number of hydrogen-bond donors (Lipinski definition) is 1. The molecule has 0 heterocycles. The lowest BCUT2D eigenvalue weighted by Crippen LogP contribution is -2.20. The lowest BCUT2D eigenvalue weighted by molar-refractivity contribution is 0.125. The fraction of sp³-hybridized carbons (Fsp3) is 0.625. The van der Waals surface area contributed by atoms with E-state index in [0.717, 1.165) is 53.0 Å². The molecule has 0 unspecified atom stereocenters. The first-order valence-corrected chi connectivity index (χ1v) is 9.02. The molecule has 0 aromatic heterocycles. The van der Waals surface area contributed by atoms with Gasteiger partial charge in [0.2, 0.25) is 0 Å². The van der Waals surface area contributed by atoms with E-state index >= 15 is 0 Å². The number of halogens is 2. The van der Waals surface area contributed by atoms with Crippen molar-refractivity contribution in [2.24, 2.45) is 5.92 Å². The van der Waals surface area contributed by atoms with Crippen LogP contribution in [0.4, 0.5) is 0 Å². The summed E-state index contributed by atoms with van der Waals surface area (Å²) >= 11 is 7.07. The summed E-state index contributed by atoms with van der Waals surface area (Å²) in [4.78, 5) is 0. The summed E-state index contributed by atoms with van der Waals surface area (Å²) in [6, 6.07) is 4.09. The highest BCUT2D eigenvalue weighted by Crippen LogP contribution is 2.32. The van der Waals surface area contributed by atoms with Crippen LogP contribution in [0.15, 0.2) is 21.1 Å². The van der Waals surface area contributed by atoms with E-state index < -0.39 is 0 Å². The van der Waals surface area contributed by atoms with E-state index in [0.29, 0.717) is 12.5 Å². The van der Waals surface area contributed by atoms with Crippen LogP contribution in [0, 0.1) is 5.92 Å². The van der Waals surface area contributed by atoms with Gasteiger partial charge in [-0.25, -0.2) is 0 Å². The van der Waals surface area contributed by atoms with Gasteiger partial charge in [-0.15, -0.1) is 0 Å². The van der Waals surface area contributed by atoms with E-state index in [1.54, 1.807) is 0 Å². The molecular formula is C16H25Br2NO2. The molecule has 0 spiro atoms. The van der Waals surface area contributed by atoms with Gasteiger partial charge in [-0.3, -0.25) is 0 Å². The van der Waals surface area contributed by atoms with Crippen LogP contribution in [-0.2, 0) is 11.3 Å². The molecule has 0 atom stereocenters. The Balaban J connectivity index is 2.37. The summed E-state index contributed by atoms with van der Waals surface area (Å²) in [5, 5.41) is 3.40. The highest BCUT2D eigenvalue weighted by atomic mass is 79.9. The van der Waals surface area contributed by atoms with E-state index in [4.69, 9.17) is 9.47 Å². The third-order valence-corrected chi connectivity index (χ3v) is 4.00. The fourth-order valence-corrected chi connectivity index (χ4v) is 3.27. The Morgan fingerprint density at radius 2 is 1.95 bits per heavy atom. The van der Waals surface area contributed by atoms with Gasteiger partial charge in [-0.2, -0.15) is 0 Å². The maximum absolute atomic E-state index is 5.71. The number of nitrogens with one attached hydrogen (secondary N) is 1. The molecule has 0 aliphatic heterocycles. The lowest BCUT2D eigenvalue weighted by atomic mass is 10.1. The van der Waals surface area contributed by atoms with E-state index in [9.17, 15) is 0 Å². The number of rotatable bonds is 10. The monoisotopic (exact) mass is 421 g/mol. The number of ether oxygens (including phenoxy) is 2. The summed E-state index contributed by atoms with van der Waals surface area (Å²) in [5.41, 5.74) is 1.14. The van der Waals surface area contributed by atoms with Crippen LogP contribution in [0.5, 0.6) is 5.75 Å². The molecule has 1 rings (SSSR count). The smallest absolute Gasteiger partial charge is 0.138 e. The average molecular weight is 423 g/mol. The second kappa shape index (κ2) is 10.6. The van der Waals surface area contributed by atoms with Crippen LogP contribution in [0.3, 0.4) is 0 Å². The van der Waals surface area contributed by atoms with Gasteiger partial charge in [-0.1, -0.05) is 29.8 Å². The first kappa shape index (κ1) is 18.9. The van der Waals surface area contributed by atoms with Crippen LogP contribution in [0.2, 0.25) is 0 Å². The predicted octanol–water partition coefficient (Wildman–Crippen LogP) is 4.76. The summed E-state index contributed by atoms with van der Waals surface area (Å²) in [5.74, 6) is 1.61. The van der Waals surface area contributed by atoms with Crippen molar-refractivity contribution in [3.8, 4) is 5.75 Å². The molecule has 1 aromatic rings. The van der Waals surface area contributed by atoms with Gasteiger partial charge in [0, 0.05) is 29.7 Å². The lowest BCUT2D eigenvalue weighted by Gasteiger charge is -2.14. The molecule has 0 aliphatic carbocycles. The van der Waals surface area contributed by atoms with Crippen molar-refractivity contribution in [1.29, 1.82) is 0 Å². The molecule has 1 N–H and O–H groups in total. The van der Waals surface area contributed by atoms with Crippen LogP contribution in [0.25, 0.3) is 0 Å². The Kier molecular flexibility index (Phi) is 9.56. The number of hydrogen-bond acceptors (Lipinski definition) is 3. The molecular weight excluding hydrogens is 398 g/mol. The van der Waals surface area contributed by atoms with Gasteiger partial charge in [0.1, 0.15) is 5.75 Å². The fourth-order valence-electron chi connectivity index (χ4n) is 1.84. The van der Waals surface area contributed by atoms with E-state index in [-0.39, 0.29) is 0 Å². The maximum Gasteiger partial charge on any atom is 0.138 e. The SMILES string of the molecule is CCOc1c(Br)cc(Br)cc1CNCCOCCC(C)C. The average Bonchev–Trinajstić information content (AvgIpc) is 2.41. The molecule has 1 aromatic carbocycles. The van der Waals surface area contributed by atoms with E-state index in [1.165, 1.54) is 0 Å². The van der Waals surface area contributed by atoms with Crippen LogP contribution in [-0.4, -0.2) is 26.4 Å². The third-order valence-electron chi connectivity index (χ3n) is 2.95. The molecule has 0 saturated carbocycles. The van der Waals surface area contributed by atoms with Gasteiger partial charge in [-0.05, 0) is 47.3 Å². The molecule has 3 nitrogen and oxygen atoms in total. The van der Waals surface area contributed by atoms with Crippen molar-refractivity contribution in [3.63, 3.8) is 0 Å². The van der Waals surface area contributed by atoms with Gasteiger partial charge in [0.25, 0.3) is 0 Å². The summed E-state index contributed by atoms with van der Waals surface area (Å²) in [7, 11) is 0. The molecule has 120 valence electrons. The highest BCUT2D eigenvalue weighted by Gasteiger charge is 2.09. The zero-order valence-electron chi connectivity index (χ0n) is 13.0. The van der Waals surface area contributed by atoms with E-state index in [1.807, 2.05) is 13.0 Å². The molecule has 0 radical (unpaired) electrons. The van der Waals surface area contributed by atoms with Gasteiger partial charge in [0.05, 0.1) is 17.7 Å². The summed E-state index contributed by atoms with van der Waals surface area (Å²) in [6.07, 6.45) is 1.12. The number of benzene rings is 1. The van der Waals surface area contributed by atoms with Crippen molar-refractivity contribution in [1.82, 2.24) is 5.32 Å². The van der Waals surface area contributed by atoms with Crippen molar-refractivity contribution >= 4 is 31.9 Å². The maximum atomic E-state index is 5.71. The van der Waals surface area contributed by atoms with Crippen molar-refractivity contribution in [2.75, 3.05) is 26.4 Å². The van der Waals surface area contributed by atoms with Gasteiger partial charge in [0.15, 0.2) is 0 Å². The van der Waals surface area contributed by atoms with E-state index in [2.05, 4.69) is 57.1 Å². The summed E-state index contributed by atoms with van der Waals surface area (Å²) < 4.78 is 13.3. The Labute approximate surface area is 145 Å². The second-order valence-corrected chi connectivity index (χ2v) is 7.05. The molecule has 5 heteroatoms. The second-order valence-electron chi connectivity index (χ2n) is 5.28. The first-order valence-electron chi connectivity index (χ1n) is 7.43. The minimum atomic E-state index is 0.658. The van der Waals surface area contributed by atoms with Crippen LogP contribution >= 0.6 is 31.9 Å². The largest absolute Gasteiger partial charge is 0.492 e. The summed E-state index contributed by atoms with van der Waals surface area (Å²) in [6.45, 7) is 10.3. The van der Waals surface area contributed by atoms with Crippen molar-refractivity contribution in [3.05, 3.63) is 26.6 Å². The normalized spacial score (nSPS) is 11.1. The molecule has 0 fully saturated rings. The minimum absolute atomic E-state index is 0.658. The minimum Gasteiger partial charge on any atom is -0.492 e. The Morgan fingerprint density at radius 1 is 1.19 bits per heavy atom. The van der Waals surface area contributed by atoms with Crippen LogP contribution < -0.4 is 10.1 Å². The Hall–Kier alpha value is -0.100. The molecule has 0 aliphatic rings. The van der Waals surface area contributed by atoms with Crippen molar-refractivity contribution in [2.45, 2.75) is 33.7 Å².